The quantitative estimate of drug-likeness (QED) is 0.515. The number of carbonyl (C=O) groups is 2. The van der Waals surface area contributed by atoms with Crippen molar-refractivity contribution in [3.63, 3.8) is 0 Å². The summed E-state index contributed by atoms with van der Waals surface area (Å²) in [4.78, 5) is 36.0. The van der Waals surface area contributed by atoms with Gasteiger partial charge in [-0.3, -0.25) is 9.59 Å². The van der Waals surface area contributed by atoms with Crippen LogP contribution in [0, 0.1) is 6.92 Å². The highest BCUT2D eigenvalue weighted by atomic mass is 32.2. The molecule has 7 heteroatoms. The van der Waals surface area contributed by atoms with Gasteiger partial charge in [-0.05, 0) is 44.7 Å². The van der Waals surface area contributed by atoms with Crippen LogP contribution in [0.2, 0.25) is 0 Å². The molecule has 0 saturated carbocycles. The second kappa shape index (κ2) is 10.4. The molecule has 29 heavy (non-hydrogen) atoms. The molecule has 2 rings (SSSR count). The smallest absolute Gasteiger partial charge is 0.260 e. The van der Waals surface area contributed by atoms with Crippen LogP contribution >= 0.6 is 11.8 Å². The molecule has 2 amide bonds. The number of hydrogen-bond donors (Lipinski definition) is 1. The van der Waals surface area contributed by atoms with Crippen LogP contribution in [0.1, 0.15) is 61.1 Å². The monoisotopic (exact) mass is 414 g/mol. The first-order valence-electron chi connectivity index (χ1n) is 9.91. The van der Waals surface area contributed by atoms with Crippen molar-refractivity contribution >= 4 is 29.3 Å². The van der Waals surface area contributed by atoms with E-state index >= 15 is 0 Å². The van der Waals surface area contributed by atoms with E-state index in [2.05, 4.69) is 15.3 Å². The minimum absolute atomic E-state index is 0.106. The number of aryl methyl sites for hydroxylation is 1. The molecule has 156 valence electrons. The Balaban J connectivity index is 2.14. The second-order valence-electron chi connectivity index (χ2n) is 7.10. The van der Waals surface area contributed by atoms with Crippen molar-refractivity contribution < 1.29 is 9.59 Å². The van der Waals surface area contributed by atoms with E-state index in [0.717, 1.165) is 11.4 Å². The third kappa shape index (κ3) is 5.79. The van der Waals surface area contributed by atoms with E-state index in [9.17, 15) is 9.59 Å². The minimum atomic E-state index is -0.228. The third-order valence-electron chi connectivity index (χ3n) is 4.69. The number of likely N-dealkylation sites (N-methyl/N-ethyl adjacent to an activating group) is 1. The lowest BCUT2D eigenvalue weighted by Gasteiger charge is -2.18. The molecule has 0 bridgehead atoms. The van der Waals surface area contributed by atoms with Crippen LogP contribution in [-0.4, -0.2) is 46.0 Å². The molecule has 0 unspecified atom stereocenters. The van der Waals surface area contributed by atoms with E-state index in [4.69, 9.17) is 0 Å². The Morgan fingerprint density at radius 3 is 2.24 bits per heavy atom. The fraction of sp³-hybridized carbons (Fsp3) is 0.455. The van der Waals surface area contributed by atoms with Crippen molar-refractivity contribution in [3.05, 3.63) is 46.9 Å². The molecule has 0 aliphatic carbocycles. The number of carbonyl (C=O) groups excluding carboxylic acids is 2. The molecule has 1 aromatic heterocycles. The summed E-state index contributed by atoms with van der Waals surface area (Å²) in [7, 11) is 0. The Morgan fingerprint density at radius 2 is 1.72 bits per heavy atom. The van der Waals surface area contributed by atoms with Gasteiger partial charge in [-0.15, -0.1) is 11.8 Å². The molecule has 0 fully saturated rings. The number of aromatic nitrogens is 2. The van der Waals surface area contributed by atoms with Gasteiger partial charge >= 0.3 is 0 Å². The van der Waals surface area contributed by atoms with E-state index in [-0.39, 0.29) is 17.7 Å². The van der Waals surface area contributed by atoms with Gasteiger partial charge in [0.2, 0.25) is 5.91 Å². The first-order chi connectivity index (χ1) is 13.8. The maximum absolute atomic E-state index is 12.9. The molecule has 0 aliphatic rings. The Bertz CT molecular complexity index is 862. The number of nitrogens with one attached hydrogen (secondary N) is 1. The average molecular weight is 415 g/mol. The molecule has 0 aliphatic heterocycles. The molecular weight excluding hydrogens is 384 g/mol. The van der Waals surface area contributed by atoms with Gasteiger partial charge in [0.15, 0.2) is 0 Å². The normalized spacial score (nSPS) is 10.9. The molecule has 2 aromatic rings. The van der Waals surface area contributed by atoms with E-state index < -0.39 is 0 Å². The SMILES string of the molecule is CCN(CC)C(=O)Cc1ccc(NC(=O)c2c(C)nc(C(C)C)nc2SC)cc1. The zero-order valence-corrected chi connectivity index (χ0v) is 18.9. The number of benzene rings is 1. The minimum Gasteiger partial charge on any atom is -0.343 e. The van der Waals surface area contributed by atoms with E-state index in [1.165, 1.54) is 11.8 Å². The highest BCUT2D eigenvalue weighted by Crippen LogP contribution is 2.24. The van der Waals surface area contributed by atoms with Crippen LogP contribution in [-0.2, 0) is 11.2 Å². The highest BCUT2D eigenvalue weighted by Gasteiger charge is 2.19. The standard InChI is InChI=1S/C22H30N4O2S/c1-7-26(8-2)18(27)13-16-9-11-17(12-10-16)24-21(28)19-15(5)23-20(14(3)4)25-22(19)29-6/h9-12,14H,7-8,13H2,1-6H3,(H,24,28). The van der Waals surface area contributed by atoms with Crippen LogP contribution in [0.3, 0.4) is 0 Å². The third-order valence-corrected chi connectivity index (χ3v) is 5.38. The number of anilines is 1. The summed E-state index contributed by atoms with van der Waals surface area (Å²) in [6.45, 7) is 11.3. The van der Waals surface area contributed by atoms with Gasteiger partial charge in [-0.1, -0.05) is 26.0 Å². The maximum atomic E-state index is 12.9. The zero-order chi connectivity index (χ0) is 21.6. The lowest BCUT2D eigenvalue weighted by atomic mass is 10.1. The van der Waals surface area contributed by atoms with Crippen molar-refractivity contribution in [2.45, 2.75) is 52.0 Å². The molecule has 0 atom stereocenters. The predicted octanol–water partition coefficient (Wildman–Crippen LogP) is 4.29. The molecule has 6 nitrogen and oxygen atoms in total. The van der Waals surface area contributed by atoms with Crippen LogP contribution < -0.4 is 5.32 Å². The molecule has 1 heterocycles. The number of thioether (sulfide) groups is 1. The highest BCUT2D eigenvalue weighted by molar-refractivity contribution is 7.98. The fourth-order valence-electron chi connectivity index (χ4n) is 3.00. The van der Waals surface area contributed by atoms with E-state index in [1.54, 1.807) is 0 Å². The fourth-order valence-corrected chi connectivity index (χ4v) is 3.63. The number of amides is 2. The Hall–Kier alpha value is -2.41. The zero-order valence-electron chi connectivity index (χ0n) is 18.1. The van der Waals surface area contributed by atoms with Crippen LogP contribution in [0.5, 0.6) is 0 Å². The largest absolute Gasteiger partial charge is 0.343 e. The first kappa shape index (κ1) is 22.9. The lowest BCUT2D eigenvalue weighted by molar-refractivity contribution is -0.130. The molecule has 0 spiro atoms. The van der Waals surface area contributed by atoms with Gasteiger partial charge < -0.3 is 10.2 Å². The van der Waals surface area contributed by atoms with Gasteiger partial charge in [0, 0.05) is 24.7 Å². The van der Waals surface area contributed by atoms with E-state index in [0.29, 0.717) is 41.5 Å². The van der Waals surface area contributed by atoms with Crippen LogP contribution in [0.15, 0.2) is 29.3 Å². The number of nitrogens with zero attached hydrogens (tertiary/aromatic N) is 3. The molecular formula is C22H30N4O2S. The summed E-state index contributed by atoms with van der Waals surface area (Å²) in [5.74, 6) is 0.817. The van der Waals surface area contributed by atoms with Crippen molar-refractivity contribution in [3.8, 4) is 0 Å². The predicted molar refractivity (Wildman–Crippen MR) is 119 cm³/mol. The summed E-state index contributed by atoms with van der Waals surface area (Å²) in [6, 6.07) is 7.38. The Morgan fingerprint density at radius 1 is 1.10 bits per heavy atom. The summed E-state index contributed by atoms with van der Waals surface area (Å²) in [6.07, 6.45) is 2.26. The Labute approximate surface area is 177 Å². The molecule has 0 saturated heterocycles. The van der Waals surface area contributed by atoms with Crippen molar-refractivity contribution in [1.29, 1.82) is 0 Å². The van der Waals surface area contributed by atoms with Gasteiger partial charge in [0.05, 0.1) is 17.7 Å². The van der Waals surface area contributed by atoms with Gasteiger partial charge in [-0.2, -0.15) is 0 Å². The summed E-state index contributed by atoms with van der Waals surface area (Å²) < 4.78 is 0. The van der Waals surface area contributed by atoms with Gasteiger partial charge in [-0.25, -0.2) is 9.97 Å². The van der Waals surface area contributed by atoms with Crippen LogP contribution in [0.4, 0.5) is 5.69 Å². The lowest BCUT2D eigenvalue weighted by Crippen LogP contribution is -2.31. The number of rotatable bonds is 8. The van der Waals surface area contributed by atoms with Crippen molar-refractivity contribution in [2.24, 2.45) is 0 Å². The first-order valence-corrected chi connectivity index (χ1v) is 11.1. The maximum Gasteiger partial charge on any atom is 0.260 e. The van der Waals surface area contributed by atoms with E-state index in [1.807, 2.05) is 70.0 Å². The molecule has 0 radical (unpaired) electrons. The average Bonchev–Trinajstić information content (AvgIpc) is 2.69. The van der Waals surface area contributed by atoms with Gasteiger partial charge in [0.1, 0.15) is 10.9 Å². The van der Waals surface area contributed by atoms with Crippen molar-refractivity contribution in [1.82, 2.24) is 14.9 Å². The summed E-state index contributed by atoms with van der Waals surface area (Å²) >= 11 is 1.44. The molecule has 1 N–H and O–H groups in total. The summed E-state index contributed by atoms with van der Waals surface area (Å²) in [5, 5.41) is 3.60. The topological polar surface area (TPSA) is 75.2 Å². The van der Waals surface area contributed by atoms with Gasteiger partial charge in [0.25, 0.3) is 5.91 Å². The molecule has 1 aromatic carbocycles. The second-order valence-corrected chi connectivity index (χ2v) is 7.89. The number of hydrogen-bond acceptors (Lipinski definition) is 5. The van der Waals surface area contributed by atoms with Crippen LogP contribution in [0.25, 0.3) is 0 Å². The Kier molecular flexibility index (Phi) is 8.20. The van der Waals surface area contributed by atoms with Crippen molar-refractivity contribution in [2.75, 3.05) is 24.7 Å². The summed E-state index contributed by atoms with van der Waals surface area (Å²) in [5.41, 5.74) is 2.77.